The maximum atomic E-state index is 12.1. The minimum absolute atomic E-state index is 0.0204. The van der Waals surface area contributed by atoms with Crippen LogP contribution in [0.2, 0.25) is 0 Å². The first kappa shape index (κ1) is 17.0. The van der Waals surface area contributed by atoms with Gasteiger partial charge < -0.3 is 15.7 Å². The van der Waals surface area contributed by atoms with Crippen LogP contribution in [0.25, 0.3) is 0 Å². The van der Waals surface area contributed by atoms with Crippen LogP contribution < -0.4 is 5.73 Å². The Bertz CT molecular complexity index is 287. The molecule has 3 N–H and O–H groups in total. The van der Waals surface area contributed by atoms with Gasteiger partial charge in [0.2, 0.25) is 11.8 Å². The monoisotopic (exact) mass is 288 g/mol. The fourth-order valence-corrected chi connectivity index (χ4v) is 1.78. The summed E-state index contributed by atoms with van der Waals surface area (Å²) < 4.78 is 36.4. The number of alkyl halides is 3. The zero-order valence-electron chi connectivity index (χ0n) is 9.57. The van der Waals surface area contributed by atoms with Gasteiger partial charge in [0.25, 0.3) is 0 Å². The molecule has 0 atom stereocenters. The van der Waals surface area contributed by atoms with Crippen molar-refractivity contribution in [2.24, 2.45) is 5.73 Å². The van der Waals surface area contributed by atoms with Crippen molar-refractivity contribution in [3.05, 3.63) is 0 Å². The first-order valence-electron chi connectivity index (χ1n) is 5.07. The first-order chi connectivity index (χ1) is 8.26. The Morgan fingerprint density at radius 2 is 1.94 bits per heavy atom. The fourth-order valence-electron chi connectivity index (χ4n) is 1.12. The second-order valence-electron chi connectivity index (χ2n) is 3.42. The molecule has 0 saturated heterocycles. The molecule has 18 heavy (non-hydrogen) atoms. The van der Waals surface area contributed by atoms with Crippen molar-refractivity contribution in [3.63, 3.8) is 0 Å². The van der Waals surface area contributed by atoms with Crippen molar-refractivity contribution in [2.75, 3.05) is 31.2 Å². The van der Waals surface area contributed by atoms with Gasteiger partial charge >= 0.3 is 6.18 Å². The number of nitrogens with two attached hydrogens (primary N) is 1. The molecule has 0 rings (SSSR count). The molecule has 0 radical (unpaired) electrons. The van der Waals surface area contributed by atoms with Crippen LogP contribution >= 0.6 is 11.8 Å². The Morgan fingerprint density at radius 1 is 1.33 bits per heavy atom. The second kappa shape index (κ2) is 8.20. The standard InChI is InChI=1S/C9H15F3N2O3S/c10-9(11,12)6-14(2-3-15)8(17)1-4-18-5-7(13)16/h15H,1-6H2,(H2,13,16). The van der Waals surface area contributed by atoms with Gasteiger partial charge in [-0.3, -0.25) is 9.59 Å². The predicted molar refractivity (Wildman–Crippen MR) is 60.9 cm³/mol. The van der Waals surface area contributed by atoms with Crippen LogP contribution in [-0.2, 0) is 9.59 Å². The van der Waals surface area contributed by atoms with Crippen LogP contribution in [-0.4, -0.2) is 59.2 Å². The number of rotatable bonds is 8. The molecular formula is C9H15F3N2O3S. The summed E-state index contributed by atoms with van der Waals surface area (Å²) >= 11 is 1.08. The van der Waals surface area contributed by atoms with Gasteiger partial charge in [-0.05, 0) is 0 Å². The van der Waals surface area contributed by atoms with Gasteiger partial charge in [-0.25, -0.2) is 0 Å². The maximum absolute atomic E-state index is 12.1. The molecule has 0 bridgehead atoms. The molecule has 0 fully saturated rings. The Labute approximate surface area is 106 Å². The molecule has 0 aliphatic rings. The number of amides is 2. The van der Waals surface area contributed by atoms with E-state index in [0.29, 0.717) is 4.90 Å². The van der Waals surface area contributed by atoms with Gasteiger partial charge in [-0.1, -0.05) is 0 Å². The second-order valence-corrected chi connectivity index (χ2v) is 4.53. The molecule has 5 nitrogen and oxygen atoms in total. The van der Waals surface area contributed by atoms with Crippen molar-refractivity contribution in [2.45, 2.75) is 12.6 Å². The lowest BCUT2D eigenvalue weighted by Gasteiger charge is -2.22. The predicted octanol–water partition coefficient (Wildman–Crippen LogP) is -0.0218. The average Bonchev–Trinajstić information content (AvgIpc) is 2.21. The SMILES string of the molecule is NC(=O)CSCCC(=O)N(CCO)CC(F)(F)F. The molecule has 0 aromatic carbocycles. The Kier molecular flexibility index (Phi) is 7.76. The number of primary amides is 1. The van der Waals surface area contributed by atoms with Gasteiger partial charge in [0.15, 0.2) is 0 Å². The molecule has 0 aromatic heterocycles. The number of hydrogen-bond donors (Lipinski definition) is 2. The molecular weight excluding hydrogens is 273 g/mol. The third-order valence-corrected chi connectivity index (χ3v) is 2.78. The van der Waals surface area contributed by atoms with Gasteiger partial charge in [0.05, 0.1) is 12.4 Å². The summed E-state index contributed by atoms with van der Waals surface area (Å²) in [5.41, 5.74) is 4.86. The molecule has 0 unspecified atom stereocenters. The van der Waals surface area contributed by atoms with Crippen LogP contribution in [0.4, 0.5) is 13.2 Å². The van der Waals surface area contributed by atoms with E-state index >= 15 is 0 Å². The number of aliphatic hydroxyl groups is 1. The number of halogens is 3. The van der Waals surface area contributed by atoms with Crippen molar-refractivity contribution in [1.29, 1.82) is 0 Å². The molecule has 9 heteroatoms. The summed E-state index contributed by atoms with van der Waals surface area (Å²) in [4.78, 5) is 22.4. The van der Waals surface area contributed by atoms with E-state index in [0.717, 1.165) is 11.8 Å². The van der Waals surface area contributed by atoms with Crippen LogP contribution in [0, 0.1) is 0 Å². The van der Waals surface area contributed by atoms with Crippen LogP contribution in [0.15, 0.2) is 0 Å². The van der Waals surface area contributed by atoms with E-state index in [4.69, 9.17) is 10.8 Å². The molecule has 106 valence electrons. The summed E-state index contributed by atoms with van der Waals surface area (Å²) in [5, 5.41) is 8.60. The quantitative estimate of drug-likeness (QED) is 0.615. The van der Waals surface area contributed by atoms with E-state index in [2.05, 4.69) is 0 Å². The number of carbonyl (C=O) groups is 2. The molecule has 0 spiro atoms. The lowest BCUT2D eigenvalue weighted by atomic mass is 10.3. The van der Waals surface area contributed by atoms with Crippen LogP contribution in [0.5, 0.6) is 0 Å². The maximum Gasteiger partial charge on any atom is 0.406 e. The normalized spacial score (nSPS) is 11.3. The lowest BCUT2D eigenvalue weighted by molar-refractivity contribution is -0.161. The minimum atomic E-state index is -4.49. The van der Waals surface area contributed by atoms with E-state index in [1.54, 1.807) is 0 Å². The van der Waals surface area contributed by atoms with E-state index in [1.165, 1.54) is 0 Å². The number of aliphatic hydroxyl groups excluding tert-OH is 1. The largest absolute Gasteiger partial charge is 0.406 e. The highest BCUT2D eigenvalue weighted by Crippen LogP contribution is 2.17. The molecule has 0 saturated carbocycles. The van der Waals surface area contributed by atoms with Gasteiger partial charge in [0.1, 0.15) is 6.54 Å². The number of carbonyl (C=O) groups excluding carboxylic acids is 2. The van der Waals surface area contributed by atoms with Crippen molar-refractivity contribution < 1.29 is 27.9 Å². The summed E-state index contributed by atoms with van der Waals surface area (Å²) in [7, 11) is 0. The van der Waals surface area contributed by atoms with Crippen molar-refractivity contribution in [3.8, 4) is 0 Å². The summed E-state index contributed by atoms with van der Waals surface area (Å²) in [5.74, 6) is -1.03. The van der Waals surface area contributed by atoms with Gasteiger partial charge in [-0.2, -0.15) is 24.9 Å². The highest BCUT2D eigenvalue weighted by Gasteiger charge is 2.32. The smallest absolute Gasteiger partial charge is 0.395 e. The van der Waals surface area contributed by atoms with E-state index in [9.17, 15) is 22.8 Å². The highest BCUT2D eigenvalue weighted by molar-refractivity contribution is 7.99. The van der Waals surface area contributed by atoms with E-state index in [-0.39, 0.29) is 24.5 Å². The molecule has 0 aliphatic heterocycles. The van der Waals surface area contributed by atoms with Crippen molar-refractivity contribution in [1.82, 2.24) is 4.90 Å². The fraction of sp³-hybridized carbons (Fsp3) is 0.778. The van der Waals surface area contributed by atoms with Crippen LogP contribution in [0.3, 0.4) is 0 Å². The third-order valence-electron chi connectivity index (χ3n) is 1.80. The lowest BCUT2D eigenvalue weighted by Crippen LogP contribution is -2.40. The number of nitrogens with zero attached hydrogens (tertiary/aromatic N) is 1. The topological polar surface area (TPSA) is 83.6 Å². The number of thioether (sulfide) groups is 1. The van der Waals surface area contributed by atoms with E-state index in [1.807, 2.05) is 0 Å². The minimum Gasteiger partial charge on any atom is -0.395 e. The molecule has 2 amide bonds. The third kappa shape index (κ3) is 9.11. The average molecular weight is 288 g/mol. The van der Waals surface area contributed by atoms with Gasteiger partial charge in [-0.15, -0.1) is 0 Å². The Hall–Kier alpha value is -0.960. The molecule has 0 heterocycles. The summed E-state index contributed by atoms with van der Waals surface area (Å²) in [6.07, 6.45) is -4.63. The zero-order chi connectivity index (χ0) is 14.2. The van der Waals surface area contributed by atoms with Crippen LogP contribution in [0.1, 0.15) is 6.42 Å². The first-order valence-corrected chi connectivity index (χ1v) is 6.23. The van der Waals surface area contributed by atoms with Gasteiger partial charge in [0, 0.05) is 18.7 Å². The Balaban J connectivity index is 4.10. The summed E-state index contributed by atoms with van der Waals surface area (Å²) in [6.45, 7) is -2.28. The Morgan fingerprint density at radius 3 is 2.39 bits per heavy atom. The summed E-state index contributed by atoms with van der Waals surface area (Å²) in [6, 6.07) is 0. The van der Waals surface area contributed by atoms with Crippen molar-refractivity contribution >= 4 is 23.6 Å². The van der Waals surface area contributed by atoms with E-state index < -0.39 is 31.1 Å². The zero-order valence-corrected chi connectivity index (χ0v) is 10.4. The highest BCUT2D eigenvalue weighted by atomic mass is 32.2. The molecule has 0 aromatic rings. The number of hydrogen-bond acceptors (Lipinski definition) is 4. The molecule has 0 aliphatic carbocycles.